The Bertz CT molecular complexity index is 349. The minimum atomic E-state index is -0.346. The average Bonchev–Trinajstić information content (AvgIpc) is 1.94. The molecule has 0 radical (unpaired) electrons. The zero-order valence-corrected chi connectivity index (χ0v) is 8.34. The summed E-state index contributed by atoms with van der Waals surface area (Å²) in [7, 11) is 0. The van der Waals surface area contributed by atoms with Gasteiger partial charge in [0.15, 0.2) is 0 Å². The molecule has 1 rings (SSSR count). The van der Waals surface area contributed by atoms with Crippen molar-refractivity contribution in [3.63, 3.8) is 0 Å². The molecule has 1 heterocycles. The van der Waals surface area contributed by atoms with E-state index < -0.39 is 0 Å². The molecule has 4 heteroatoms. The van der Waals surface area contributed by atoms with Gasteiger partial charge in [-0.2, -0.15) is 0 Å². The highest BCUT2D eigenvalue weighted by molar-refractivity contribution is 5.23. The van der Waals surface area contributed by atoms with Gasteiger partial charge in [0, 0.05) is 11.7 Å². The first kappa shape index (κ1) is 9.77. The molecule has 0 saturated heterocycles. The molecule has 13 heavy (non-hydrogen) atoms. The van der Waals surface area contributed by atoms with Gasteiger partial charge in [-0.15, -0.1) is 0 Å². The van der Waals surface area contributed by atoms with Gasteiger partial charge in [0.1, 0.15) is 0 Å². The minimum absolute atomic E-state index is 0.155. The number of hydrogen-bond donors (Lipinski definition) is 1. The van der Waals surface area contributed by atoms with Crippen LogP contribution in [0.25, 0.3) is 0 Å². The molecule has 4 nitrogen and oxygen atoms in total. The third-order valence-electron chi connectivity index (χ3n) is 1.37. The molecule has 0 bridgehead atoms. The van der Waals surface area contributed by atoms with E-state index in [1.165, 1.54) is 6.20 Å². The van der Waals surface area contributed by atoms with Gasteiger partial charge in [0.05, 0.1) is 5.56 Å². The lowest BCUT2D eigenvalue weighted by atomic mass is 10.1. The molecule has 0 fully saturated rings. The van der Waals surface area contributed by atoms with Crippen LogP contribution in [0.3, 0.4) is 0 Å². The number of nitrogens with one attached hydrogen (secondary N) is 1. The fourth-order valence-corrected chi connectivity index (χ4v) is 0.781. The van der Waals surface area contributed by atoms with Gasteiger partial charge in [-0.3, -0.25) is 0 Å². The number of aromatic nitrogens is 1. The highest BCUT2D eigenvalue weighted by Gasteiger charge is 2.12. The van der Waals surface area contributed by atoms with E-state index in [1.807, 2.05) is 20.8 Å². The van der Waals surface area contributed by atoms with Crippen molar-refractivity contribution in [2.75, 3.05) is 5.32 Å². The standard InChI is InChI=1S/C9H14N2O2/c1-6-5-10-8(13-7(6)12)11-9(2,3)4/h5H,1-4H3,(H,10,11). The summed E-state index contributed by atoms with van der Waals surface area (Å²) in [5, 5.41) is 2.97. The number of hydrogen-bond acceptors (Lipinski definition) is 4. The molecule has 0 aliphatic carbocycles. The fourth-order valence-electron chi connectivity index (χ4n) is 0.781. The summed E-state index contributed by atoms with van der Waals surface area (Å²) in [6, 6.07) is 0.267. The van der Waals surface area contributed by atoms with Crippen molar-refractivity contribution in [2.24, 2.45) is 0 Å². The third kappa shape index (κ3) is 2.89. The molecule has 0 unspecified atom stereocenters. The van der Waals surface area contributed by atoms with E-state index in [0.717, 1.165) is 0 Å². The molecule has 0 atom stereocenters. The zero-order valence-electron chi connectivity index (χ0n) is 8.34. The molecule has 1 aromatic rings. The van der Waals surface area contributed by atoms with Crippen LogP contribution in [-0.4, -0.2) is 10.5 Å². The van der Waals surface area contributed by atoms with Crippen LogP contribution in [0.2, 0.25) is 0 Å². The number of aryl methyl sites for hydroxylation is 1. The van der Waals surface area contributed by atoms with E-state index in [9.17, 15) is 4.79 Å². The second-order valence-electron chi connectivity index (χ2n) is 4.01. The zero-order chi connectivity index (χ0) is 10.1. The van der Waals surface area contributed by atoms with Gasteiger partial charge in [-0.25, -0.2) is 9.78 Å². The van der Waals surface area contributed by atoms with E-state index in [-0.39, 0.29) is 17.2 Å². The molecular formula is C9H14N2O2. The first-order valence-corrected chi connectivity index (χ1v) is 4.13. The predicted molar refractivity (Wildman–Crippen MR) is 50.9 cm³/mol. The van der Waals surface area contributed by atoms with Crippen molar-refractivity contribution < 1.29 is 4.42 Å². The van der Waals surface area contributed by atoms with Crippen molar-refractivity contribution >= 4 is 6.01 Å². The Balaban J connectivity index is 2.93. The largest absolute Gasteiger partial charge is 0.389 e. The molecule has 1 N–H and O–H groups in total. The highest BCUT2D eigenvalue weighted by atomic mass is 16.4. The summed E-state index contributed by atoms with van der Waals surface area (Å²) in [4.78, 5) is 15.0. The summed E-state index contributed by atoms with van der Waals surface area (Å²) in [5.41, 5.74) is 0.0132. The molecule has 0 amide bonds. The van der Waals surface area contributed by atoms with Gasteiger partial charge in [-0.1, -0.05) is 0 Å². The van der Waals surface area contributed by atoms with Crippen molar-refractivity contribution in [3.8, 4) is 0 Å². The van der Waals surface area contributed by atoms with E-state index in [0.29, 0.717) is 5.56 Å². The van der Waals surface area contributed by atoms with E-state index >= 15 is 0 Å². The molecule has 1 aromatic heterocycles. The third-order valence-corrected chi connectivity index (χ3v) is 1.37. The second kappa shape index (κ2) is 3.20. The maximum Gasteiger partial charge on any atom is 0.343 e. The minimum Gasteiger partial charge on any atom is -0.389 e. The fraction of sp³-hybridized carbons (Fsp3) is 0.556. The molecule has 0 aliphatic heterocycles. The topological polar surface area (TPSA) is 55.1 Å². The highest BCUT2D eigenvalue weighted by Crippen LogP contribution is 2.09. The molecular weight excluding hydrogens is 168 g/mol. The van der Waals surface area contributed by atoms with Gasteiger partial charge in [-0.05, 0) is 27.7 Å². The van der Waals surface area contributed by atoms with Gasteiger partial charge >= 0.3 is 5.63 Å². The monoisotopic (exact) mass is 182 g/mol. The average molecular weight is 182 g/mol. The van der Waals surface area contributed by atoms with Crippen LogP contribution in [0, 0.1) is 6.92 Å². The maximum atomic E-state index is 11.1. The quantitative estimate of drug-likeness (QED) is 0.716. The Hall–Kier alpha value is -1.32. The lowest BCUT2D eigenvalue weighted by Gasteiger charge is -2.19. The second-order valence-corrected chi connectivity index (χ2v) is 4.01. The lowest BCUT2D eigenvalue weighted by molar-refractivity contribution is 0.477. The van der Waals surface area contributed by atoms with Crippen molar-refractivity contribution in [2.45, 2.75) is 33.2 Å². The van der Waals surface area contributed by atoms with Crippen LogP contribution in [0.1, 0.15) is 26.3 Å². The van der Waals surface area contributed by atoms with Crippen LogP contribution < -0.4 is 10.9 Å². The number of anilines is 1. The van der Waals surface area contributed by atoms with Crippen LogP contribution in [0.15, 0.2) is 15.4 Å². The first-order chi connectivity index (χ1) is 5.88. The summed E-state index contributed by atoms with van der Waals surface area (Å²) in [5.74, 6) is 0. The van der Waals surface area contributed by atoms with Crippen molar-refractivity contribution in [3.05, 3.63) is 22.2 Å². The molecule has 0 spiro atoms. The predicted octanol–water partition coefficient (Wildman–Crippen LogP) is 1.55. The molecule has 0 saturated carbocycles. The SMILES string of the molecule is Cc1cnc(NC(C)(C)C)oc1=O. The lowest BCUT2D eigenvalue weighted by Crippen LogP contribution is -2.27. The van der Waals surface area contributed by atoms with Crippen molar-refractivity contribution in [1.82, 2.24) is 4.98 Å². The summed E-state index contributed by atoms with van der Waals surface area (Å²) >= 11 is 0. The van der Waals surface area contributed by atoms with Gasteiger partial charge < -0.3 is 9.73 Å². The summed E-state index contributed by atoms with van der Waals surface area (Å²) in [6.07, 6.45) is 1.50. The van der Waals surface area contributed by atoms with E-state index in [2.05, 4.69) is 10.3 Å². The normalized spacial score (nSPS) is 11.4. The Morgan fingerprint density at radius 3 is 2.54 bits per heavy atom. The van der Waals surface area contributed by atoms with E-state index in [4.69, 9.17) is 4.42 Å². The maximum absolute atomic E-state index is 11.1. The Labute approximate surface area is 77.0 Å². The van der Waals surface area contributed by atoms with Crippen LogP contribution in [0.5, 0.6) is 0 Å². The smallest absolute Gasteiger partial charge is 0.343 e. The number of nitrogens with zero attached hydrogens (tertiary/aromatic N) is 1. The molecule has 0 aromatic carbocycles. The Morgan fingerprint density at radius 1 is 1.46 bits per heavy atom. The van der Waals surface area contributed by atoms with Gasteiger partial charge in [0.25, 0.3) is 6.01 Å². The van der Waals surface area contributed by atoms with Gasteiger partial charge in [0.2, 0.25) is 0 Å². The van der Waals surface area contributed by atoms with Crippen LogP contribution in [0.4, 0.5) is 6.01 Å². The van der Waals surface area contributed by atoms with Crippen molar-refractivity contribution in [1.29, 1.82) is 0 Å². The Morgan fingerprint density at radius 2 is 2.08 bits per heavy atom. The van der Waals surface area contributed by atoms with Crippen LogP contribution >= 0.6 is 0 Å². The summed E-state index contributed by atoms with van der Waals surface area (Å²) < 4.78 is 4.91. The summed E-state index contributed by atoms with van der Waals surface area (Å²) in [6.45, 7) is 7.57. The van der Waals surface area contributed by atoms with E-state index in [1.54, 1.807) is 6.92 Å². The van der Waals surface area contributed by atoms with Crippen LogP contribution in [-0.2, 0) is 0 Å². The molecule has 72 valence electrons. The number of rotatable bonds is 1. The first-order valence-electron chi connectivity index (χ1n) is 4.13. The Kier molecular flexibility index (Phi) is 2.40. The molecule has 0 aliphatic rings.